The van der Waals surface area contributed by atoms with E-state index >= 15 is 0 Å². The smallest absolute Gasteiger partial charge is 0.417 e. The highest BCUT2D eigenvalue weighted by Gasteiger charge is 2.33. The first-order valence-corrected chi connectivity index (χ1v) is 8.59. The third-order valence-electron chi connectivity index (χ3n) is 4.09. The lowest BCUT2D eigenvalue weighted by Crippen LogP contribution is -2.15. The Morgan fingerprint density at radius 2 is 1.93 bits per heavy atom. The van der Waals surface area contributed by atoms with Crippen molar-refractivity contribution in [2.24, 2.45) is 0 Å². The fourth-order valence-corrected chi connectivity index (χ4v) is 2.70. The molecule has 0 fully saturated rings. The number of ether oxygens (including phenoxy) is 1. The van der Waals surface area contributed by atoms with Gasteiger partial charge in [0, 0.05) is 23.4 Å². The quantitative estimate of drug-likeness (QED) is 0.649. The zero-order valence-corrected chi connectivity index (χ0v) is 15.3. The van der Waals surface area contributed by atoms with Crippen molar-refractivity contribution in [3.05, 3.63) is 59.9 Å². The van der Waals surface area contributed by atoms with E-state index in [2.05, 4.69) is 27.1 Å². The van der Waals surface area contributed by atoms with Gasteiger partial charge < -0.3 is 10.1 Å². The van der Waals surface area contributed by atoms with Crippen LogP contribution < -0.4 is 10.1 Å². The third-order valence-corrected chi connectivity index (χ3v) is 4.09. The highest BCUT2D eigenvalue weighted by molar-refractivity contribution is 5.88. The summed E-state index contributed by atoms with van der Waals surface area (Å²) < 4.78 is 44.6. The molecule has 1 aromatic heterocycles. The largest absolute Gasteiger partial charge is 0.497 e. The number of nitrogens with zero attached hydrogens (tertiary/aromatic N) is 2. The van der Waals surface area contributed by atoms with Crippen molar-refractivity contribution < 1.29 is 17.9 Å². The molecule has 0 aliphatic rings. The Hall–Kier alpha value is -3.27. The molecule has 0 radical (unpaired) electrons. The van der Waals surface area contributed by atoms with E-state index in [-0.39, 0.29) is 17.4 Å². The average Bonchev–Trinajstić information content (AvgIpc) is 2.67. The van der Waals surface area contributed by atoms with E-state index in [0.717, 1.165) is 17.0 Å². The summed E-state index contributed by atoms with van der Waals surface area (Å²) in [6.07, 6.45) is -2.68. The van der Waals surface area contributed by atoms with E-state index in [1.54, 1.807) is 0 Å². The van der Waals surface area contributed by atoms with E-state index in [4.69, 9.17) is 4.74 Å². The van der Waals surface area contributed by atoms with Gasteiger partial charge in [-0.3, -0.25) is 0 Å². The minimum atomic E-state index is -4.50. The first kappa shape index (κ1) is 19.5. The van der Waals surface area contributed by atoms with Crippen LogP contribution in [-0.2, 0) is 6.18 Å². The Morgan fingerprint density at radius 3 is 2.68 bits per heavy atom. The molecule has 1 N–H and O–H groups in total. The monoisotopic (exact) mass is 385 g/mol. The SMILES string of the molecule is COc1ccc(C#CCC(C)Nc2ncnc3ccccc23)c(C(F)(F)F)c1. The minimum absolute atomic E-state index is 0.0759. The Labute approximate surface area is 160 Å². The molecular weight excluding hydrogens is 367 g/mol. The van der Waals surface area contributed by atoms with Crippen LogP contribution in [0.1, 0.15) is 24.5 Å². The number of nitrogens with one attached hydrogen (secondary N) is 1. The van der Waals surface area contributed by atoms with Gasteiger partial charge in [-0.15, -0.1) is 0 Å². The van der Waals surface area contributed by atoms with E-state index < -0.39 is 11.7 Å². The fourth-order valence-electron chi connectivity index (χ4n) is 2.70. The topological polar surface area (TPSA) is 47.0 Å². The zero-order valence-electron chi connectivity index (χ0n) is 15.3. The van der Waals surface area contributed by atoms with Crippen molar-refractivity contribution >= 4 is 16.7 Å². The summed E-state index contributed by atoms with van der Waals surface area (Å²) in [6.45, 7) is 1.89. The summed E-state index contributed by atoms with van der Waals surface area (Å²) in [5, 5.41) is 4.11. The molecule has 7 heteroatoms. The van der Waals surface area contributed by atoms with Crippen LogP contribution in [-0.4, -0.2) is 23.1 Å². The van der Waals surface area contributed by atoms with Gasteiger partial charge in [-0.1, -0.05) is 24.0 Å². The number of alkyl halides is 3. The van der Waals surface area contributed by atoms with Crippen molar-refractivity contribution in [3.8, 4) is 17.6 Å². The number of methoxy groups -OCH3 is 1. The second-order valence-electron chi connectivity index (χ2n) is 6.20. The van der Waals surface area contributed by atoms with Crippen LogP contribution >= 0.6 is 0 Å². The molecule has 1 atom stereocenters. The number of fused-ring (bicyclic) bond motifs is 1. The molecule has 4 nitrogen and oxygen atoms in total. The van der Waals surface area contributed by atoms with Gasteiger partial charge in [-0.25, -0.2) is 9.97 Å². The van der Waals surface area contributed by atoms with Gasteiger partial charge in [0.05, 0.1) is 18.2 Å². The second kappa shape index (κ2) is 8.17. The van der Waals surface area contributed by atoms with Crippen LogP contribution in [0.3, 0.4) is 0 Å². The third kappa shape index (κ3) is 4.52. The molecule has 0 spiro atoms. The molecule has 0 saturated heterocycles. The highest BCUT2D eigenvalue weighted by Crippen LogP contribution is 2.34. The molecule has 0 aliphatic carbocycles. The molecule has 2 aromatic carbocycles. The molecule has 0 aliphatic heterocycles. The van der Waals surface area contributed by atoms with Crippen LogP contribution in [0.25, 0.3) is 10.9 Å². The standard InChI is InChI=1S/C21H18F3N3O/c1-14(27-20-17-8-3-4-9-19(17)25-13-26-20)6-5-7-15-10-11-16(28-2)12-18(15)21(22,23)24/h3-4,8-14H,6H2,1-2H3,(H,25,26,27). The maximum Gasteiger partial charge on any atom is 0.417 e. The van der Waals surface area contributed by atoms with E-state index in [1.165, 1.54) is 25.6 Å². The number of anilines is 1. The first-order valence-electron chi connectivity index (χ1n) is 8.59. The molecule has 1 heterocycles. The van der Waals surface area contributed by atoms with Crippen molar-refractivity contribution in [1.82, 2.24) is 9.97 Å². The lowest BCUT2D eigenvalue weighted by atomic mass is 10.1. The number of halogens is 3. The lowest BCUT2D eigenvalue weighted by molar-refractivity contribution is -0.137. The summed E-state index contributed by atoms with van der Waals surface area (Å²) in [4.78, 5) is 8.45. The van der Waals surface area contributed by atoms with E-state index in [0.29, 0.717) is 12.2 Å². The van der Waals surface area contributed by atoms with Gasteiger partial charge in [-0.05, 0) is 37.3 Å². The van der Waals surface area contributed by atoms with Crippen LogP contribution in [0.15, 0.2) is 48.8 Å². The van der Waals surface area contributed by atoms with Gasteiger partial charge in [0.1, 0.15) is 17.9 Å². The summed E-state index contributed by atoms with van der Waals surface area (Å²) in [5.74, 6) is 6.26. The van der Waals surface area contributed by atoms with Gasteiger partial charge in [0.15, 0.2) is 0 Å². The molecular formula is C21H18F3N3O. The van der Waals surface area contributed by atoms with Crippen LogP contribution in [0.5, 0.6) is 5.75 Å². The molecule has 3 rings (SSSR count). The summed E-state index contributed by atoms with van der Waals surface area (Å²) in [7, 11) is 1.32. The van der Waals surface area contributed by atoms with Crippen molar-refractivity contribution in [1.29, 1.82) is 0 Å². The molecule has 0 saturated carbocycles. The zero-order chi connectivity index (χ0) is 20.1. The first-order chi connectivity index (χ1) is 13.4. The molecule has 3 aromatic rings. The van der Waals surface area contributed by atoms with Gasteiger partial charge >= 0.3 is 6.18 Å². The molecule has 1 unspecified atom stereocenters. The molecule has 0 amide bonds. The van der Waals surface area contributed by atoms with Crippen LogP contribution in [0, 0.1) is 11.8 Å². The fraction of sp³-hybridized carbons (Fsp3) is 0.238. The maximum atomic E-state index is 13.2. The van der Waals surface area contributed by atoms with Crippen molar-refractivity contribution in [2.45, 2.75) is 25.6 Å². The predicted molar refractivity (Wildman–Crippen MR) is 102 cm³/mol. The Kier molecular flexibility index (Phi) is 5.69. The second-order valence-corrected chi connectivity index (χ2v) is 6.20. The molecule has 144 valence electrons. The highest BCUT2D eigenvalue weighted by atomic mass is 19.4. The maximum absolute atomic E-state index is 13.2. The van der Waals surface area contributed by atoms with E-state index in [9.17, 15) is 13.2 Å². The molecule has 0 bridgehead atoms. The average molecular weight is 385 g/mol. The molecule has 28 heavy (non-hydrogen) atoms. The van der Waals surface area contributed by atoms with Crippen LogP contribution in [0.2, 0.25) is 0 Å². The Balaban J connectivity index is 1.75. The summed E-state index contributed by atoms with van der Waals surface area (Å²) in [6, 6.07) is 11.2. The van der Waals surface area contributed by atoms with E-state index in [1.807, 2.05) is 31.2 Å². The number of para-hydroxylation sites is 1. The number of hydrogen-bond acceptors (Lipinski definition) is 4. The normalized spacial score (nSPS) is 12.2. The number of aromatic nitrogens is 2. The predicted octanol–water partition coefficient (Wildman–Crippen LogP) is 4.90. The van der Waals surface area contributed by atoms with Crippen LogP contribution in [0.4, 0.5) is 19.0 Å². The van der Waals surface area contributed by atoms with Gasteiger partial charge in [0.2, 0.25) is 0 Å². The van der Waals surface area contributed by atoms with Gasteiger partial charge in [-0.2, -0.15) is 13.2 Å². The number of benzene rings is 2. The Bertz CT molecular complexity index is 1030. The Morgan fingerprint density at radius 1 is 1.14 bits per heavy atom. The summed E-state index contributed by atoms with van der Waals surface area (Å²) >= 11 is 0. The minimum Gasteiger partial charge on any atom is -0.497 e. The van der Waals surface area contributed by atoms with Crippen molar-refractivity contribution in [3.63, 3.8) is 0 Å². The lowest BCUT2D eigenvalue weighted by Gasteiger charge is -2.13. The number of rotatable bonds is 4. The number of hydrogen-bond donors (Lipinski definition) is 1. The van der Waals surface area contributed by atoms with Gasteiger partial charge in [0.25, 0.3) is 0 Å². The van der Waals surface area contributed by atoms with Crippen molar-refractivity contribution in [2.75, 3.05) is 12.4 Å². The summed E-state index contributed by atoms with van der Waals surface area (Å²) in [5.41, 5.74) is -0.0684.